The van der Waals surface area contributed by atoms with Crippen LogP contribution in [0.15, 0.2) is 70.1 Å². The molecule has 3 unspecified atom stereocenters. The number of halogens is 1. The van der Waals surface area contributed by atoms with E-state index in [0.717, 1.165) is 30.3 Å². The third kappa shape index (κ3) is 4.79. The summed E-state index contributed by atoms with van der Waals surface area (Å²) >= 11 is 0. The van der Waals surface area contributed by atoms with Crippen molar-refractivity contribution in [2.45, 2.75) is 19.4 Å². The highest BCUT2D eigenvalue weighted by Crippen LogP contribution is 2.33. The monoisotopic (exact) mass is 412 g/mol. The van der Waals surface area contributed by atoms with E-state index in [1.807, 2.05) is 0 Å². The van der Waals surface area contributed by atoms with E-state index in [1.54, 1.807) is 0 Å². The molecule has 0 saturated heterocycles. The van der Waals surface area contributed by atoms with Gasteiger partial charge in [-0.2, -0.15) is 0 Å². The van der Waals surface area contributed by atoms with Crippen LogP contribution in [0.3, 0.4) is 0 Å². The van der Waals surface area contributed by atoms with E-state index in [0.29, 0.717) is 25.7 Å². The molecule has 2 aliphatic heterocycles. The van der Waals surface area contributed by atoms with Crippen molar-refractivity contribution >= 4 is 11.7 Å². The number of rotatable bonds is 10. The van der Waals surface area contributed by atoms with Crippen LogP contribution >= 0.6 is 0 Å². The molecule has 1 N–H and O–H groups in total. The minimum Gasteiger partial charge on any atom is -0.383 e. The predicted molar refractivity (Wildman–Crippen MR) is 117 cm³/mol. The molecule has 3 atom stereocenters. The van der Waals surface area contributed by atoms with Gasteiger partial charge in [0.2, 0.25) is 5.96 Å². The Morgan fingerprint density at radius 2 is 2.03 bits per heavy atom. The summed E-state index contributed by atoms with van der Waals surface area (Å²) in [5.74, 6) is 1.45. The molecule has 160 valence electrons. The molecule has 0 aromatic heterocycles. The third-order valence-corrected chi connectivity index (χ3v) is 5.50. The van der Waals surface area contributed by atoms with Crippen LogP contribution in [0.1, 0.15) is 13.3 Å². The first-order valence-corrected chi connectivity index (χ1v) is 10.6. The Kier molecular flexibility index (Phi) is 6.92. The van der Waals surface area contributed by atoms with Crippen LogP contribution in [0.5, 0.6) is 0 Å². The lowest BCUT2D eigenvalue weighted by Gasteiger charge is -2.25. The van der Waals surface area contributed by atoms with E-state index in [9.17, 15) is 4.39 Å². The molecule has 6 nitrogen and oxygen atoms in total. The molecule has 4 aliphatic rings. The Balaban J connectivity index is 1.23. The standard InChI is InChI=1S/C23H29FN4O2/c1-17-3-2-4-21-22(17)27-23-26-20(9-12-28(21)23)18-5-7-19(8-6-18)25-11-14-30-16-15-29-13-10-24/h2-5,7-9,12,17-18,22,25H,6,10-11,13-16H2,1H3. The summed E-state index contributed by atoms with van der Waals surface area (Å²) in [6.07, 6.45) is 18.0. The van der Waals surface area contributed by atoms with E-state index < -0.39 is 6.67 Å². The van der Waals surface area contributed by atoms with Gasteiger partial charge < -0.3 is 14.8 Å². The Morgan fingerprint density at radius 1 is 1.17 bits per heavy atom. The lowest BCUT2D eigenvalue weighted by Crippen LogP contribution is -2.29. The number of nitrogens with one attached hydrogen (secondary N) is 1. The Bertz CT molecular complexity index is 840. The van der Waals surface area contributed by atoms with Crippen molar-refractivity contribution in [1.82, 2.24) is 10.2 Å². The highest BCUT2D eigenvalue weighted by atomic mass is 19.1. The smallest absolute Gasteiger partial charge is 0.230 e. The fourth-order valence-electron chi connectivity index (χ4n) is 3.87. The number of alkyl halides is 1. The van der Waals surface area contributed by atoms with Crippen LogP contribution < -0.4 is 5.32 Å². The van der Waals surface area contributed by atoms with E-state index in [1.165, 1.54) is 5.70 Å². The second kappa shape index (κ2) is 10.00. The molecule has 2 heterocycles. The van der Waals surface area contributed by atoms with E-state index in [-0.39, 0.29) is 18.6 Å². The normalized spacial score (nSPS) is 26.6. The van der Waals surface area contributed by atoms with Crippen molar-refractivity contribution < 1.29 is 13.9 Å². The molecular formula is C23H29FN4O2. The summed E-state index contributed by atoms with van der Waals surface area (Å²) in [7, 11) is 0. The van der Waals surface area contributed by atoms with E-state index in [4.69, 9.17) is 19.5 Å². The van der Waals surface area contributed by atoms with Crippen LogP contribution in [-0.4, -0.2) is 62.3 Å². The lowest BCUT2D eigenvalue weighted by molar-refractivity contribution is 0.0444. The Hall–Kier alpha value is -2.51. The number of hydrogen-bond acceptors (Lipinski definition) is 6. The van der Waals surface area contributed by atoms with Gasteiger partial charge in [0.05, 0.1) is 37.8 Å². The van der Waals surface area contributed by atoms with Crippen molar-refractivity contribution in [1.29, 1.82) is 0 Å². The van der Waals surface area contributed by atoms with Gasteiger partial charge in [-0.25, -0.2) is 14.4 Å². The molecule has 30 heavy (non-hydrogen) atoms. The van der Waals surface area contributed by atoms with Gasteiger partial charge in [-0.3, -0.25) is 4.90 Å². The molecule has 0 aromatic rings. The third-order valence-electron chi connectivity index (χ3n) is 5.50. The molecule has 0 bridgehead atoms. The largest absolute Gasteiger partial charge is 0.383 e. The zero-order chi connectivity index (χ0) is 20.8. The van der Waals surface area contributed by atoms with Crippen LogP contribution in [0, 0.1) is 11.8 Å². The average molecular weight is 413 g/mol. The van der Waals surface area contributed by atoms with Gasteiger partial charge in [0, 0.05) is 30.3 Å². The van der Waals surface area contributed by atoms with Gasteiger partial charge in [0.15, 0.2) is 0 Å². The molecule has 0 saturated carbocycles. The summed E-state index contributed by atoms with van der Waals surface area (Å²) in [5.41, 5.74) is 3.36. The molecule has 0 fully saturated rings. The van der Waals surface area contributed by atoms with Crippen molar-refractivity contribution in [3.8, 4) is 0 Å². The van der Waals surface area contributed by atoms with Crippen molar-refractivity contribution in [3.63, 3.8) is 0 Å². The number of hydrogen-bond donors (Lipinski definition) is 1. The van der Waals surface area contributed by atoms with Crippen molar-refractivity contribution in [3.05, 3.63) is 60.1 Å². The molecule has 0 spiro atoms. The number of allylic oxidation sites excluding steroid dienone is 6. The molecule has 7 heteroatoms. The number of fused-ring (bicyclic) bond motifs is 3. The van der Waals surface area contributed by atoms with Crippen LogP contribution in [0.4, 0.5) is 4.39 Å². The summed E-state index contributed by atoms with van der Waals surface area (Å²) < 4.78 is 22.4. The fraction of sp³-hybridized carbons (Fsp3) is 0.478. The Labute approximate surface area is 177 Å². The maximum Gasteiger partial charge on any atom is 0.230 e. The first-order chi connectivity index (χ1) is 14.8. The Morgan fingerprint density at radius 3 is 2.83 bits per heavy atom. The highest BCUT2D eigenvalue weighted by molar-refractivity contribution is 6.09. The molecule has 2 aliphatic carbocycles. The number of ether oxygens (including phenoxy) is 2. The number of nitrogens with zero attached hydrogens (tertiary/aromatic N) is 3. The zero-order valence-electron chi connectivity index (χ0n) is 17.3. The second-order valence-corrected chi connectivity index (χ2v) is 7.63. The molecule has 0 radical (unpaired) electrons. The SMILES string of the molecule is CC1C=CC=C2C1N=C1N=C(C3C=CC(NCCOCCOCCF)=CC3)C=CN21. The van der Waals surface area contributed by atoms with Crippen molar-refractivity contribution in [2.24, 2.45) is 21.8 Å². The van der Waals surface area contributed by atoms with Gasteiger partial charge in [-0.1, -0.05) is 31.2 Å². The van der Waals surface area contributed by atoms with Gasteiger partial charge in [0.1, 0.15) is 12.7 Å². The first kappa shape index (κ1) is 20.8. The lowest BCUT2D eigenvalue weighted by atomic mass is 9.93. The second-order valence-electron chi connectivity index (χ2n) is 7.63. The van der Waals surface area contributed by atoms with Gasteiger partial charge in [-0.15, -0.1) is 0 Å². The first-order valence-electron chi connectivity index (χ1n) is 10.6. The summed E-state index contributed by atoms with van der Waals surface area (Å²) in [6.45, 7) is 4.11. The fourth-order valence-corrected chi connectivity index (χ4v) is 3.87. The molecule has 0 aromatic carbocycles. The van der Waals surface area contributed by atoms with Crippen molar-refractivity contribution in [2.75, 3.05) is 39.6 Å². The maximum atomic E-state index is 11.9. The van der Waals surface area contributed by atoms with Crippen LogP contribution in [0.25, 0.3) is 0 Å². The van der Waals surface area contributed by atoms with E-state index >= 15 is 0 Å². The minimum absolute atomic E-state index is 0.140. The maximum absolute atomic E-state index is 11.9. The highest BCUT2D eigenvalue weighted by Gasteiger charge is 2.35. The van der Waals surface area contributed by atoms with Gasteiger partial charge in [0.25, 0.3) is 0 Å². The van der Waals surface area contributed by atoms with Gasteiger partial charge in [-0.05, 0) is 24.6 Å². The van der Waals surface area contributed by atoms with Crippen LogP contribution in [-0.2, 0) is 9.47 Å². The molecule has 4 rings (SSSR count). The van der Waals surface area contributed by atoms with E-state index in [2.05, 4.69) is 65.9 Å². The number of guanidine groups is 1. The zero-order valence-corrected chi connectivity index (χ0v) is 17.3. The summed E-state index contributed by atoms with van der Waals surface area (Å²) in [6, 6.07) is 0.174. The average Bonchev–Trinajstić information content (AvgIpc) is 3.15. The summed E-state index contributed by atoms with van der Waals surface area (Å²) in [5, 5.41) is 3.37. The summed E-state index contributed by atoms with van der Waals surface area (Å²) in [4.78, 5) is 11.8. The van der Waals surface area contributed by atoms with Crippen LogP contribution in [0.2, 0.25) is 0 Å². The minimum atomic E-state index is -0.451. The molecular weight excluding hydrogens is 383 g/mol. The number of aliphatic imine (C=N–C) groups is 2. The quantitative estimate of drug-likeness (QED) is 0.560. The molecule has 0 amide bonds. The predicted octanol–water partition coefficient (Wildman–Crippen LogP) is 3.14. The topological polar surface area (TPSA) is 58.5 Å². The van der Waals surface area contributed by atoms with Gasteiger partial charge >= 0.3 is 0 Å².